The topological polar surface area (TPSA) is 18.5 Å². The van der Waals surface area contributed by atoms with Crippen LogP contribution in [-0.4, -0.2) is 12.7 Å². The highest BCUT2D eigenvalue weighted by atomic mass is 19.2. The smallest absolute Gasteiger partial charge is 0.201 e. The zero-order valence-electron chi connectivity index (χ0n) is 17.0. The van der Waals surface area contributed by atoms with E-state index in [1.54, 1.807) is 6.07 Å². The highest BCUT2D eigenvalue weighted by Crippen LogP contribution is 2.45. The molecule has 1 aliphatic carbocycles. The van der Waals surface area contributed by atoms with Crippen LogP contribution < -0.4 is 4.74 Å². The van der Waals surface area contributed by atoms with E-state index in [1.165, 1.54) is 0 Å². The van der Waals surface area contributed by atoms with Gasteiger partial charge in [0.25, 0.3) is 0 Å². The molecule has 2 aromatic rings. The number of hydrogen-bond acceptors (Lipinski definition) is 2. The Balaban J connectivity index is 1.62. The van der Waals surface area contributed by atoms with Crippen molar-refractivity contribution in [2.24, 2.45) is 0 Å². The van der Waals surface area contributed by atoms with Crippen molar-refractivity contribution in [2.75, 3.05) is 6.61 Å². The SMILES string of the molecule is CCCc1cc2c(c(F)c1F)Oc1c(ccc(C3CCC(OCC)CC3)c1F)C2. The van der Waals surface area contributed by atoms with Crippen LogP contribution in [0.2, 0.25) is 0 Å². The maximum absolute atomic E-state index is 15.3. The summed E-state index contributed by atoms with van der Waals surface area (Å²) in [7, 11) is 0. The van der Waals surface area contributed by atoms with Crippen LogP contribution in [0.25, 0.3) is 0 Å². The lowest BCUT2D eigenvalue weighted by atomic mass is 9.81. The number of halogens is 3. The summed E-state index contributed by atoms with van der Waals surface area (Å²) in [6, 6.07) is 5.36. The second-order valence-electron chi connectivity index (χ2n) is 8.07. The summed E-state index contributed by atoms with van der Waals surface area (Å²) >= 11 is 0. The molecule has 2 nitrogen and oxygen atoms in total. The van der Waals surface area contributed by atoms with Crippen LogP contribution in [0.15, 0.2) is 18.2 Å². The van der Waals surface area contributed by atoms with Crippen molar-refractivity contribution in [3.63, 3.8) is 0 Å². The van der Waals surface area contributed by atoms with Crippen LogP contribution in [0, 0.1) is 17.5 Å². The normalized spacial score (nSPS) is 20.7. The molecule has 2 aliphatic rings. The number of ether oxygens (including phenoxy) is 2. The third-order valence-electron chi connectivity index (χ3n) is 6.14. The Labute approximate surface area is 170 Å². The van der Waals surface area contributed by atoms with Gasteiger partial charge in [0, 0.05) is 24.2 Å². The molecule has 4 rings (SSSR count). The molecule has 1 saturated carbocycles. The summed E-state index contributed by atoms with van der Waals surface area (Å²) in [5.41, 5.74) is 2.20. The number of rotatable bonds is 5. The van der Waals surface area contributed by atoms with Crippen molar-refractivity contribution < 1.29 is 22.6 Å². The fourth-order valence-corrected chi connectivity index (χ4v) is 4.67. The van der Waals surface area contributed by atoms with Crippen molar-refractivity contribution in [1.82, 2.24) is 0 Å². The van der Waals surface area contributed by atoms with E-state index >= 15 is 4.39 Å². The van der Waals surface area contributed by atoms with Gasteiger partial charge in [-0.05, 0) is 62.1 Å². The van der Waals surface area contributed by atoms with Gasteiger partial charge < -0.3 is 9.47 Å². The number of hydrogen-bond donors (Lipinski definition) is 0. The van der Waals surface area contributed by atoms with Gasteiger partial charge in [0.15, 0.2) is 23.1 Å². The van der Waals surface area contributed by atoms with Crippen LogP contribution in [-0.2, 0) is 17.6 Å². The van der Waals surface area contributed by atoms with Crippen LogP contribution in [0.1, 0.15) is 74.1 Å². The first kappa shape index (κ1) is 20.3. The Hall–Kier alpha value is -2.01. The summed E-state index contributed by atoms with van der Waals surface area (Å²) in [5.74, 6) is -2.38. The predicted molar refractivity (Wildman–Crippen MR) is 106 cm³/mol. The first-order valence-corrected chi connectivity index (χ1v) is 10.6. The van der Waals surface area contributed by atoms with E-state index in [4.69, 9.17) is 9.47 Å². The molecule has 29 heavy (non-hydrogen) atoms. The molecule has 0 amide bonds. The van der Waals surface area contributed by atoms with Gasteiger partial charge >= 0.3 is 0 Å². The quantitative estimate of drug-likeness (QED) is 0.465. The van der Waals surface area contributed by atoms with E-state index in [0.29, 0.717) is 41.7 Å². The summed E-state index contributed by atoms with van der Waals surface area (Å²) in [4.78, 5) is 0. The molecule has 1 aliphatic heterocycles. The van der Waals surface area contributed by atoms with Gasteiger partial charge in [-0.1, -0.05) is 25.5 Å². The van der Waals surface area contributed by atoms with E-state index in [-0.39, 0.29) is 23.5 Å². The summed E-state index contributed by atoms with van der Waals surface area (Å²) in [5, 5.41) is 0. The van der Waals surface area contributed by atoms with Crippen molar-refractivity contribution in [3.8, 4) is 11.5 Å². The lowest BCUT2D eigenvalue weighted by Gasteiger charge is -2.30. The standard InChI is InChI=1S/C24H27F3O2/c1-3-5-15-12-17-13-16-8-11-19(14-6-9-18(10-7-14)28-4-2)21(26)23(16)29-24(17)22(27)20(15)25/h8,11-12,14,18H,3-7,9-10,13H2,1-2H3. The minimum absolute atomic E-state index is 0.0449. The van der Waals surface area contributed by atoms with E-state index < -0.39 is 17.5 Å². The van der Waals surface area contributed by atoms with Gasteiger partial charge in [0.05, 0.1) is 6.10 Å². The lowest BCUT2D eigenvalue weighted by molar-refractivity contribution is 0.0325. The van der Waals surface area contributed by atoms with Crippen molar-refractivity contribution >= 4 is 0 Å². The average molecular weight is 404 g/mol. The van der Waals surface area contributed by atoms with Crippen LogP contribution in [0.3, 0.4) is 0 Å². The Morgan fingerprint density at radius 3 is 2.34 bits per heavy atom. The van der Waals surface area contributed by atoms with Gasteiger partial charge in [-0.15, -0.1) is 0 Å². The molecule has 156 valence electrons. The van der Waals surface area contributed by atoms with Gasteiger partial charge in [0.1, 0.15) is 0 Å². The molecule has 0 saturated heterocycles. The van der Waals surface area contributed by atoms with Gasteiger partial charge in [0.2, 0.25) is 5.82 Å². The molecule has 0 unspecified atom stereocenters. The van der Waals surface area contributed by atoms with E-state index in [2.05, 4.69) is 0 Å². The number of aryl methyl sites for hydroxylation is 1. The van der Waals surface area contributed by atoms with Gasteiger partial charge in [-0.2, -0.15) is 4.39 Å². The maximum atomic E-state index is 15.3. The lowest BCUT2D eigenvalue weighted by Crippen LogP contribution is -2.21. The molecule has 1 fully saturated rings. The molecule has 0 atom stereocenters. The second kappa shape index (κ2) is 8.39. The zero-order valence-corrected chi connectivity index (χ0v) is 17.0. The molecular formula is C24H27F3O2. The molecule has 0 bridgehead atoms. The first-order valence-electron chi connectivity index (χ1n) is 10.6. The minimum atomic E-state index is -1.02. The number of fused-ring (bicyclic) bond motifs is 2. The van der Waals surface area contributed by atoms with Gasteiger partial charge in [-0.25, -0.2) is 8.78 Å². The maximum Gasteiger partial charge on any atom is 0.201 e. The monoisotopic (exact) mass is 404 g/mol. The Bertz CT molecular complexity index is 902. The zero-order chi connectivity index (χ0) is 20.5. The van der Waals surface area contributed by atoms with Crippen molar-refractivity contribution in [1.29, 1.82) is 0 Å². The Kier molecular flexibility index (Phi) is 5.86. The third kappa shape index (κ3) is 3.77. The predicted octanol–water partition coefficient (Wildman–Crippen LogP) is 6.82. The molecular weight excluding hydrogens is 377 g/mol. The van der Waals surface area contributed by atoms with Crippen LogP contribution in [0.5, 0.6) is 11.5 Å². The fourth-order valence-electron chi connectivity index (χ4n) is 4.67. The second-order valence-corrected chi connectivity index (χ2v) is 8.07. The summed E-state index contributed by atoms with van der Waals surface area (Å²) in [6.45, 7) is 4.59. The molecule has 0 radical (unpaired) electrons. The first-order chi connectivity index (χ1) is 14.0. The highest BCUT2D eigenvalue weighted by molar-refractivity contribution is 5.54. The largest absolute Gasteiger partial charge is 0.450 e. The van der Waals surface area contributed by atoms with E-state index in [1.807, 2.05) is 26.0 Å². The molecule has 5 heteroatoms. The Morgan fingerprint density at radius 2 is 1.66 bits per heavy atom. The van der Waals surface area contributed by atoms with Crippen LogP contribution in [0.4, 0.5) is 13.2 Å². The molecule has 1 heterocycles. The average Bonchev–Trinajstić information content (AvgIpc) is 2.72. The molecule has 0 spiro atoms. The summed E-state index contributed by atoms with van der Waals surface area (Å²) in [6.07, 6.45) is 5.26. The number of benzene rings is 2. The summed E-state index contributed by atoms with van der Waals surface area (Å²) < 4.78 is 55.6. The fraction of sp³-hybridized carbons (Fsp3) is 0.500. The third-order valence-corrected chi connectivity index (χ3v) is 6.14. The van der Waals surface area contributed by atoms with E-state index in [0.717, 1.165) is 32.1 Å². The van der Waals surface area contributed by atoms with Crippen LogP contribution >= 0.6 is 0 Å². The van der Waals surface area contributed by atoms with Gasteiger partial charge in [-0.3, -0.25) is 0 Å². The molecule has 2 aromatic carbocycles. The van der Waals surface area contributed by atoms with Crippen molar-refractivity contribution in [2.45, 2.75) is 70.8 Å². The van der Waals surface area contributed by atoms with E-state index in [9.17, 15) is 8.78 Å². The molecule has 0 aromatic heterocycles. The minimum Gasteiger partial charge on any atom is -0.450 e. The highest BCUT2D eigenvalue weighted by Gasteiger charge is 2.31. The Morgan fingerprint density at radius 1 is 0.931 bits per heavy atom. The van der Waals surface area contributed by atoms with Crippen molar-refractivity contribution in [3.05, 3.63) is 57.9 Å². The molecule has 0 N–H and O–H groups in total.